The molecule has 0 saturated heterocycles. The van der Waals surface area contributed by atoms with Gasteiger partial charge in [-0.2, -0.15) is 0 Å². The maximum Gasteiger partial charge on any atom is 0.122 e. The van der Waals surface area contributed by atoms with Gasteiger partial charge in [-0.25, -0.2) is 0 Å². The van der Waals surface area contributed by atoms with E-state index >= 15 is 0 Å². The van der Waals surface area contributed by atoms with Gasteiger partial charge in [0.25, 0.3) is 0 Å². The van der Waals surface area contributed by atoms with E-state index in [1.165, 1.54) is 44.5 Å². The van der Waals surface area contributed by atoms with Crippen LogP contribution in [0.4, 0.5) is 0 Å². The van der Waals surface area contributed by atoms with E-state index in [0.29, 0.717) is 5.92 Å². The van der Waals surface area contributed by atoms with Gasteiger partial charge in [-0.05, 0) is 98.2 Å². The van der Waals surface area contributed by atoms with Gasteiger partial charge in [0.1, 0.15) is 11.5 Å². The highest BCUT2D eigenvalue weighted by Crippen LogP contribution is 2.41. The number of hydrogen-bond donors (Lipinski definition) is 0. The van der Waals surface area contributed by atoms with E-state index < -0.39 is 0 Å². The third-order valence-corrected chi connectivity index (χ3v) is 6.16. The Labute approximate surface area is 160 Å². The number of alkyl halides is 1. The molecule has 0 saturated carbocycles. The van der Waals surface area contributed by atoms with Crippen molar-refractivity contribution >= 4 is 15.9 Å². The molecule has 3 heteroatoms. The Hall–Kier alpha value is -1.48. The van der Waals surface area contributed by atoms with Crippen LogP contribution in [0.25, 0.3) is 0 Å². The summed E-state index contributed by atoms with van der Waals surface area (Å²) in [6, 6.07) is 4.32. The number of halogens is 1. The Morgan fingerprint density at radius 1 is 0.720 bits per heavy atom. The fourth-order valence-corrected chi connectivity index (χ4v) is 4.57. The van der Waals surface area contributed by atoms with Crippen molar-refractivity contribution < 1.29 is 9.47 Å². The fourth-order valence-electron chi connectivity index (χ4n) is 3.93. The highest BCUT2D eigenvalue weighted by atomic mass is 79.9. The minimum atomic E-state index is 0.300. The normalized spacial score (nSPS) is 11.1. The number of rotatable bonds is 5. The second-order valence-electron chi connectivity index (χ2n) is 6.83. The van der Waals surface area contributed by atoms with Gasteiger partial charge in [0.15, 0.2) is 0 Å². The van der Waals surface area contributed by atoms with Crippen molar-refractivity contribution in [3.05, 3.63) is 56.6 Å². The molecule has 0 spiro atoms. The van der Waals surface area contributed by atoms with E-state index in [9.17, 15) is 0 Å². The molecule has 0 fully saturated rings. The Morgan fingerprint density at radius 3 is 1.36 bits per heavy atom. The Bertz CT molecular complexity index is 728. The highest BCUT2D eigenvalue weighted by Gasteiger charge is 2.24. The number of ether oxygens (including phenoxy) is 2. The molecule has 0 aliphatic carbocycles. The van der Waals surface area contributed by atoms with Crippen molar-refractivity contribution in [1.82, 2.24) is 0 Å². The minimum absolute atomic E-state index is 0.300. The second-order valence-corrected chi connectivity index (χ2v) is 7.47. The molecule has 0 amide bonds. The van der Waals surface area contributed by atoms with E-state index in [1.54, 1.807) is 14.2 Å². The van der Waals surface area contributed by atoms with E-state index in [2.05, 4.69) is 69.6 Å². The summed E-state index contributed by atoms with van der Waals surface area (Å²) < 4.78 is 11.1. The number of hydrogen-bond acceptors (Lipinski definition) is 2. The molecule has 0 heterocycles. The van der Waals surface area contributed by atoms with Gasteiger partial charge in [-0.1, -0.05) is 15.9 Å². The monoisotopic (exact) mass is 404 g/mol. The van der Waals surface area contributed by atoms with Gasteiger partial charge >= 0.3 is 0 Å². The van der Waals surface area contributed by atoms with Gasteiger partial charge in [0.05, 0.1) is 14.2 Å². The van der Waals surface area contributed by atoms with E-state index in [1.807, 2.05) is 0 Å². The van der Waals surface area contributed by atoms with Gasteiger partial charge in [-0.15, -0.1) is 0 Å². The first-order valence-electron chi connectivity index (χ1n) is 8.63. The van der Waals surface area contributed by atoms with Gasteiger partial charge in [-0.3, -0.25) is 0 Å². The van der Waals surface area contributed by atoms with Crippen molar-refractivity contribution in [2.45, 2.75) is 47.5 Å². The summed E-state index contributed by atoms with van der Waals surface area (Å²) in [4.78, 5) is 0. The lowest BCUT2D eigenvalue weighted by molar-refractivity contribution is 0.410. The fraction of sp³-hybridized carbons (Fsp3) is 0.455. The molecule has 0 unspecified atom stereocenters. The summed E-state index contributed by atoms with van der Waals surface area (Å²) in [6.45, 7) is 13.1. The van der Waals surface area contributed by atoms with Crippen LogP contribution in [0.3, 0.4) is 0 Å². The number of benzene rings is 2. The Balaban J connectivity index is 2.75. The van der Waals surface area contributed by atoms with Crippen LogP contribution in [0.1, 0.15) is 50.4 Å². The Morgan fingerprint density at radius 2 is 1.08 bits per heavy atom. The van der Waals surface area contributed by atoms with Gasteiger partial charge in [0.2, 0.25) is 0 Å². The van der Waals surface area contributed by atoms with Crippen LogP contribution in [0.2, 0.25) is 0 Å². The molecule has 0 aliphatic rings. The highest BCUT2D eigenvalue weighted by molar-refractivity contribution is 9.09. The predicted molar refractivity (Wildman–Crippen MR) is 110 cm³/mol. The molecule has 0 aromatic heterocycles. The summed E-state index contributed by atoms with van der Waals surface area (Å²) in [7, 11) is 3.48. The average molecular weight is 405 g/mol. The molecular formula is C22H29BrO2. The third kappa shape index (κ3) is 3.44. The first kappa shape index (κ1) is 19.8. The molecule has 0 aliphatic heterocycles. The zero-order valence-corrected chi connectivity index (χ0v) is 18.2. The van der Waals surface area contributed by atoms with Crippen LogP contribution in [-0.4, -0.2) is 19.5 Å². The first-order chi connectivity index (χ1) is 11.8. The molecule has 2 aromatic carbocycles. The molecule has 2 aromatic rings. The van der Waals surface area contributed by atoms with E-state index in [0.717, 1.165) is 16.8 Å². The molecule has 2 nitrogen and oxygen atoms in total. The maximum absolute atomic E-state index is 5.55. The van der Waals surface area contributed by atoms with Crippen LogP contribution in [0.5, 0.6) is 11.5 Å². The molecule has 0 bridgehead atoms. The van der Waals surface area contributed by atoms with Crippen LogP contribution in [0, 0.1) is 41.5 Å². The zero-order valence-electron chi connectivity index (χ0n) is 16.6. The third-order valence-electron chi connectivity index (χ3n) is 5.51. The smallest absolute Gasteiger partial charge is 0.122 e. The maximum atomic E-state index is 5.55. The lowest BCUT2D eigenvalue weighted by Gasteiger charge is -2.27. The summed E-state index contributed by atoms with van der Waals surface area (Å²) >= 11 is 3.78. The van der Waals surface area contributed by atoms with Crippen LogP contribution in [0.15, 0.2) is 12.1 Å². The zero-order chi connectivity index (χ0) is 18.9. The van der Waals surface area contributed by atoms with Crippen molar-refractivity contribution in [3.63, 3.8) is 0 Å². The molecule has 0 N–H and O–H groups in total. The van der Waals surface area contributed by atoms with Gasteiger partial charge < -0.3 is 9.47 Å². The number of aryl methyl sites for hydroxylation is 2. The summed E-state index contributed by atoms with van der Waals surface area (Å²) in [5, 5.41) is 0.883. The molecule has 0 radical (unpaired) electrons. The van der Waals surface area contributed by atoms with Crippen molar-refractivity contribution in [3.8, 4) is 11.5 Å². The summed E-state index contributed by atoms with van der Waals surface area (Å²) in [5.41, 5.74) is 10.4. The van der Waals surface area contributed by atoms with Crippen LogP contribution >= 0.6 is 15.9 Å². The number of methoxy groups -OCH3 is 2. The Kier molecular flexibility index (Phi) is 6.21. The quantitative estimate of drug-likeness (QED) is 0.561. The first-order valence-corrected chi connectivity index (χ1v) is 9.75. The van der Waals surface area contributed by atoms with Crippen molar-refractivity contribution in [1.29, 1.82) is 0 Å². The van der Waals surface area contributed by atoms with E-state index in [4.69, 9.17) is 9.47 Å². The van der Waals surface area contributed by atoms with Gasteiger partial charge in [0, 0.05) is 11.2 Å². The second kappa shape index (κ2) is 7.82. The molecule has 0 atom stereocenters. The average Bonchev–Trinajstić information content (AvgIpc) is 2.59. The van der Waals surface area contributed by atoms with Crippen molar-refractivity contribution in [2.75, 3.05) is 19.5 Å². The summed E-state index contributed by atoms with van der Waals surface area (Å²) in [6.07, 6.45) is 0. The molecular weight excluding hydrogens is 376 g/mol. The predicted octanol–water partition coefficient (Wildman–Crippen LogP) is 6.08. The summed E-state index contributed by atoms with van der Waals surface area (Å²) in [5.74, 6) is 2.23. The van der Waals surface area contributed by atoms with Crippen molar-refractivity contribution in [2.24, 2.45) is 0 Å². The SMILES string of the molecule is COc1cc(C)c(C(CBr)c2c(C)cc(OC)c(C)c2C)c(C)c1C. The lowest BCUT2D eigenvalue weighted by atomic mass is 9.80. The molecule has 136 valence electrons. The lowest BCUT2D eigenvalue weighted by Crippen LogP contribution is -2.13. The topological polar surface area (TPSA) is 18.5 Å². The molecule has 25 heavy (non-hydrogen) atoms. The molecule has 2 rings (SSSR count). The standard InChI is InChI=1S/C22H29BrO2/c1-12-9-19(24-7)14(3)16(5)21(12)18(11-23)22-13(2)10-20(25-8)15(4)17(22)6/h9-10,18H,11H2,1-8H3. The van der Waals surface area contributed by atoms with Crippen LogP contribution in [-0.2, 0) is 0 Å². The minimum Gasteiger partial charge on any atom is -0.496 e. The largest absolute Gasteiger partial charge is 0.496 e. The van der Waals surface area contributed by atoms with E-state index in [-0.39, 0.29) is 0 Å². The van der Waals surface area contributed by atoms with Crippen LogP contribution < -0.4 is 9.47 Å².